The van der Waals surface area contributed by atoms with Gasteiger partial charge in [-0.3, -0.25) is 4.79 Å². The Kier molecular flexibility index (Phi) is 7.36. The van der Waals surface area contributed by atoms with E-state index in [0.717, 1.165) is 19.3 Å². The molecule has 0 radical (unpaired) electrons. The van der Waals surface area contributed by atoms with E-state index in [1.165, 1.54) is 30.2 Å². The average molecular weight is 404 g/mol. The largest absolute Gasteiger partial charge is 0.497 e. The molecule has 1 aliphatic rings. The van der Waals surface area contributed by atoms with E-state index < -0.39 is 0 Å². The smallest absolute Gasteiger partial charge is 0.277 e. The van der Waals surface area contributed by atoms with Crippen LogP contribution in [-0.2, 0) is 4.79 Å². The van der Waals surface area contributed by atoms with Crippen molar-refractivity contribution in [1.82, 2.24) is 15.5 Å². The molecule has 3 rings (SSSR count). The zero-order valence-corrected chi connectivity index (χ0v) is 17.0. The van der Waals surface area contributed by atoms with Crippen LogP contribution in [0.25, 0.3) is 11.5 Å². The fourth-order valence-corrected chi connectivity index (χ4v) is 3.58. The third kappa shape index (κ3) is 5.76. The lowest BCUT2D eigenvalue weighted by Crippen LogP contribution is -2.26. The number of methoxy groups -OCH3 is 2. The quantitative estimate of drug-likeness (QED) is 0.503. The first-order valence-electron chi connectivity index (χ1n) is 9.32. The Labute approximate surface area is 168 Å². The summed E-state index contributed by atoms with van der Waals surface area (Å²) in [7, 11) is 3.16. The van der Waals surface area contributed by atoms with Gasteiger partial charge in [0.2, 0.25) is 11.8 Å². The Balaban J connectivity index is 1.49. The van der Waals surface area contributed by atoms with Gasteiger partial charge in [0.25, 0.3) is 5.22 Å². The molecule has 1 aromatic carbocycles. The van der Waals surface area contributed by atoms with Crippen molar-refractivity contribution in [2.75, 3.05) is 26.5 Å². The van der Waals surface area contributed by atoms with Gasteiger partial charge in [-0.2, -0.15) is 0 Å². The minimum Gasteiger partial charge on any atom is -0.497 e. The molecule has 0 fully saturated rings. The molecule has 0 unspecified atom stereocenters. The van der Waals surface area contributed by atoms with E-state index in [4.69, 9.17) is 13.9 Å². The van der Waals surface area contributed by atoms with Crippen molar-refractivity contribution in [3.8, 4) is 23.0 Å². The third-order valence-electron chi connectivity index (χ3n) is 4.48. The van der Waals surface area contributed by atoms with Gasteiger partial charge in [0.15, 0.2) is 0 Å². The van der Waals surface area contributed by atoms with Crippen molar-refractivity contribution in [3.05, 3.63) is 29.8 Å². The fraction of sp³-hybridized carbons (Fsp3) is 0.450. The van der Waals surface area contributed by atoms with Gasteiger partial charge in [0.1, 0.15) is 11.5 Å². The average Bonchev–Trinajstić information content (AvgIpc) is 3.22. The maximum absolute atomic E-state index is 12.0. The van der Waals surface area contributed by atoms with Crippen LogP contribution >= 0.6 is 11.8 Å². The molecule has 1 amide bonds. The van der Waals surface area contributed by atoms with Gasteiger partial charge in [0.05, 0.1) is 20.0 Å². The molecule has 150 valence electrons. The number of hydrogen-bond acceptors (Lipinski definition) is 7. The normalized spacial score (nSPS) is 13.7. The highest BCUT2D eigenvalue weighted by atomic mass is 32.2. The second-order valence-corrected chi connectivity index (χ2v) is 7.40. The zero-order chi connectivity index (χ0) is 19.8. The number of rotatable bonds is 9. The molecule has 28 heavy (non-hydrogen) atoms. The van der Waals surface area contributed by atoms with Crippen LogP contribution in [0.4, 0.5) is 0 Å². The summed E-state index contributed by atoms with van der Waals surface area (Å²) >= 11 is 1.22. The van der Waals surface area contributed by atoms with Gasteiger partial charge in [0, 0.05) is 18.2 Å². The number of nitrogens with zero attached hydrogens (tertiary/aromatic N) is 2. The topological polar surface area (TPSA) is 86.5 Å². The van der Waals surface area contributed by atoms with Crippen molar-refractivity contribution in [2.45, 2.75) is 37.3 Å². The Morgan fingerprint density at radius 3 is 2.64 bits per heavy atom. The van der Waals surface area contributed by atoms with E-state index in [1.807, 2.05) is 0 Å². The van der Waals surface area contributed by atoms with Crippen molar-refractivity contribution in [2.24, 2.45) is 0 Å². The van der Waals surface area contributed by atoms with E-state index in [0.29, 0.717) is 34.7 Å². The van der Waals surface area contributed by atoms with Gasteiger partial charge in [-0.05, 0) is 44.2 Å². The number of thioether (sulfide) groups is 1. The molecule has 1 aliphatic carbocycles. The molecule has 0 spiro atoms. The Hall–Kier alpha value is -2.48. The number of aromatic nitrogens is 2. The van der Waals surface area contributed by atoms with Crippen LogP contribution < -0.4 is 14.8 Å². The molecule has 0 saturated heterocycles. The molecule has 0 bridgehead atoms. The van der Waals surface area contributed by atoms with Crippen LogP contribution in [0.3, 0.4) is 0 Å². The van der Waals surface area contributed by atoms with Gasteiger partial charge < -0.3 is 19.2 Å². The van der Waals surface area contributed by atoms with Crippen LogP contribution in [0.2, 0.25) is 0 Å². The van der Waals surface area contributed by atoms with Crippen LogP contribution in [-0.4, -0.2) is 42.6 Å². The number of ether oxygens (including phenoxy) is 2. The standard InChI is InChI=1S/C20H25N3O4S/c1-25-16-10-15(11-17(12-16)26-2)19-22-23-20(27-19)28-13-18(24)21-9-8-14-6-4-3-5-7-14/h6,10-12H,3-5,7-9,13H2,1-2H3,(H,21,24). The molecule has 1 aromatic heterocycles. The molecular formula is C20H25N3O4S. The molecule has 2 aromatic rings. The lowest BCUT2D eigenvalue weighted by molar-refractivity contribution is -0.118. The minimum atomic E-state index is -0.0378. The highest BCUT2D eigenvalue weighted by Crippen LogP contribution is 2.30. The summed E-state index contributed by atoms with van der Waals surface area (Å²) in [6.07, 6.45) is 8.09. The van der Waals surface area contributed by atoms with Crippen LogP contribution in [0.1, 0.15) is 32.1 Å². The van der Waals surface area contributed by atoms with Gasteiger partial charge in [-0.1, -0.05) is 23.4 Å². The van der Waals surface area contributed by atoms with Crippen molar-refractivity contribution in [3.63, 3.8) is 0 Å². The first-order valence-corrected chi connectivity index (χ1v) is 10.3. The third-order valence-corrected chi connectivity index (χ3v) is 5.30. The second kappa shape index (κ2) is 10.2. The number of nitrogens with one attached hydrogen (secondary N) is 1. The first kappa shape index (κ1) is 20.3. The molecule has 0 atom stereocenters. The number of carbonyl (C=O) groups is 1. The predicted octanol–water partition coefficient (Wildman–Crippen LogP) is 3.85. The summed E-state index contributed by atoms with van der Waals surface area (Å²) in [6.45, 7) is 0.671. The van der Waals surface area contributed by atoms with E-state index in [9.17, 15) is 4.79 Å². The molecule has 8 heteroatoms. The lowest BCUT2D eigenvalue weighted by Gasteiger charge is -2.12. The van der Waals surface area contributed by atoms with Gasteiger partial charge in [-0.15, -0.1) is 10.2 Å². The van der Waals surface area contributed by atoms with Gasteiger partial charge in [-0.25, -0.2) is 0 Å². The monoisotopic (exact) mass is 403 g/mol. The summed E-state index contributed by atoms with van der Waals surface area (Å²) in [5.41, 5.74) is 2.15. The summed E-state index contributed by atoms with van der Waals surface area (Å²) < 4.78 is 16.2. The lowest BCUT2D eigenvalue weighted by atomic mass is 9.97. The Morgan fingerprint density at radius 1 is 1.18 bits per heavy atom. The maximum atomic E-state index is 12.0. The maximum Gasteiger partial charge on any atom is 0.277 e. The summed E-state index contributed by atoms with van der Waals surface area (Å²) in [6, 6.07) is 5.34. The molecule has 0 saturated carbocycles. The second-order valence-electron chi connectivity index (χ2n) is 6.47. The molecule has 0 aliphatic heterocycles. The number of hydrogen-bond donors (Lipinski definition) is 1. The van der Waals surface area contributed by atoms with Crippen molar-refractivity contribution < 1.29 is 18.7 Å². The number of allylic oxidation sites excluding steroid dienone is 1. The highest BCUT2D eigenvalue weighted by molar-refractivity contribution is 7.99. The predicted molar refractivity (Wildman–Crippen MR) is 108 cm³/mol. The molecular weight excluding hydrogens is 378 g/mol. The Morgan fingerprint density at radius 2 is 1.96 bits per heavy atom. The molecule has 1 N–H and O–H groups in total. The number of carbonyl (C=O) groups excluding carboxylic acids is 1. The van der Waals surface area contributed by atoms with Crippen molar-refractivity contribution >= 4 is 17.7 Å². The zero-order valence-electron chi connectivity index (χ0n) is 16.2. The van der Waals surface area contributed by atoms with Gasteiger partial charge >= 0.3 is 0 Å². The van der Waals surface area contributed by atoms with E-state index in [1.54, 1.807) is 32.4 Å². The number of benzene rings is 1. The molecule has 1 heterocycles. The highest BCUT2D eigenvalue weighted by Gasteiger charge is 2.13. The van der Waals surface area contributed by atoms with Crippen LogP contribution in [0.5, 0.6) is 11.5 Å². The van der Waals surface area contributed by atoms with E-state index in [2.05, 4.69) is 21.6 Å². The van der Waals surface area contributed by atoms with E-state index >= 15 is 0 Å². The summed E-state index contributed by atoms with van der Waals surface area (Å²) in [5.74, 6) is 1.82. The number of amides is 1. The van der Waals surface area contributed by atoms with Crippen LogP contribution in [0.15, 0.2) is 39.5 Å². The SMILES string of the molecule is COc1cc(OC)cc(-c2nnc(SCC(=O)NCCC3=CCCCC3)o2)c1. The fourth-order valence-electron chi connectivity index (χ4n) is 2.99. The van der Waals surface area contributed by atoms with Crippen molar-refractivity contribution in [1.29, 1.82) is 0 Å². The first-order chi connectivity index (χ1) is 13.7. The Bertz CT molecular complexity index is 812. The summed E-state index contributed by atoms with van der Waals surface area (Å²) in [4.78, 5) is 12.0. The van der Waals surface area contributed by atoms with Crippen LogP contribution in [0, 0.1) is 0 Å². The molecule has 7 nitrogen and oxygen atoms in total. The minimum absolute atomic E-state index is 0.0378. The summed E-state index contributed by atoms with van der Waals surface area (Å²) in [5, 5.41) is 11.3. The van der Waals surface area contributed by atoms with E-state index in [-0.39, 0.29) is 11.7 Å².